The molecule has 1 aliphatic rings. The Kier molecular flexibility index (Phi) is 29.9. The van der Waals surface area contributed by atoms with Crippen molar-refractivity contribution < 1.29 is 58.8 Å². The number of esters is 2. The normalized spacial score (nSPS) is 11.0. The second kappa shape index (κ2) is 36.7. The number of carbonyl (C=O) groups excluding carboxylic acids is 2. The number of rotatable bonds is 16. The van der Waals surface area contributed by atoms with Gasteiger partial charge in [-0.3, -0.25) is 33.8 Å². The number of hydrogen-bond acceptors (Lipinski definition) is 16. The van der Waals surface area contributed by atoms with Crippen LogP contribution in [0.4, 0.5) is 17.1 Å². The maximum atomic E-state index is 13.3. The van der Waals surface area contributed by atoms with Crippen molar-refractivity contribution >= 4 is 157 Å². The minimum atomic E-state index is -1.01. The Labute approximate surface area is 601 Å². The molecule has 0 saturated carbocycles. The molecule has 0 atom stereocenters. The Morgan fingerprint density at radius 3 is 1.26 bits per heavy atom. The maximum Gasteiger partial charge on any atom is 1.00 e. The Balaban J connectivity index is 0.000000242. The van der Waals surface area contributed by atoms with E-state index >= 15 is 0 Å². The number of carbonyl (C=O) groups is 3. The second-order valence-electron chi connectivity index (χ2n) is 22.2. The molecule has 0 aliphatic carbocycles. The fraction of sp³-hybridized carbons (Fsp3) is 0.271. The third-order valence-corrected chi connectivity index (χ3v) is 16.5. The van der Waals surface area contributed by atoms with Crippen LogP contribution in [0.5, 0.6) is 0 Å². The first-order valence-electron chi connectivity index (χ1n) is 30.4. The molecule has 98 heavy (non-hydrogen) atoms. The van der Waals surface area contributed by atoms with Crippen LogP contribution < -0.4 is 55.2 Å². The standard InChI is InChI=1S/C22H21ClN4O3.C20H17ClN4O3.C19H18BrClN2O3.C5H13N.C4H5N.Li.2H2O/c1-4-30-19(28)12-27-18-11-14(26-10-9-24-13-26)5-6-15(18)22(29)16-7-8-17(23)21(20(16)27)25(2)3;1-23(2)19-15(21)6-5-14-18(19)25(10-17(26)27)16-9-12(24-8-7-22-11-24)3-4-13(16)20(14)28;1-4-26-16(24)10-23-15-9-11(20)5-6-12(15)19(25)13-7-8-14(21)18(17(13)23)22(2)3;1-3-4-5-6-2;1-2-4-5-3-1;;;/h5-11,13H,4,12H2,1-3H3;3-9,11H,10H2,1-2H3,(H,26,27);5-9H,4,10H2,1-3H3;6H,3-5H2,1-2H3;1,3-4H,2H2;;2*1H2/q;;;;;+1;;/p-1. The molecule has 6 heterocycles. The average Bonchev–Trinajstić information content (AvgIpc) is 0.803. The van der Waals surface area contributed by atoms with Gasteiger partial charge < -0.3 is 68.4 Å². The van der Waals surface area contributed by atoms with E-state index in [0.717, 1.165) is 28.8 Å². The summed E-state index contributed by atoms with van der Waals surface area (Å²) >= 11 is 22.8. The zero-order valence-corrected chi connectivity index (χ0v) is 60.2. The number of nitrogens with one attached hydrogen (secondary N) is 1. The van der Waals surface area contributed by atoms with Gasteiger partial charge in [-0.2, -0.15) is 0 Å². The zero-order valence-electron chi connectivity index (χ0n) is 56.3. The molecule has 23 nitrogen and oxygen atoms in total. The number of aliphatic carboxylic acids is 1. The van der Waals surface area contributed by atoms with Crippen LogP contribution in [0.1, 0.15) is 40.0 Å². The number of imidazole rings is 2. The van der Waals surface area contributed by atoms with Crippen molar-refractivity contribution in [2.24, 2.45) is 4.99 Å². The van der Waals surface area contributed by atoms with E-state index in [9.17, 15) is 33.9 Å². The van der Waals surface area contributed by atoms with Crippen molar-refractivity contribution in [1.82, 2.24) is 38.1 Å². The molecule has 5 aromatic heterocycles. The quantitative estimate of drug-likeness (QED) is 0.0395. The van der Waals surface area contributed by atoms with Crippen molar-refractivity contribution in [2.45, 2.75) is 59.7 Å². The third kappa shape index (κ3) is 18.1. The first-order chi connectivity index (χ1) is 45.6. The topological polar surface area (TPSA) is 287 Å². The number of halogens is 4. The van der Waals surface area contributed by atoms with Gasteiger partial charge in [0.25, 0.3) is 0 Å². The number of allylic oxidation sites excluding steroid dienone is 1. The van der Waals surface area contributed by atoms with Crippen LogP contribution in [0, 0.1) is 0 Å². The molecule has 0 radical (unpaired) electrons. The molecular formula is C70H77BrCl3LiN12O11. The van der Waals surface area contributed by atoms with Crippen molar-refractivity contribution in [2.75, 3.05) is 83.8 Å². The van der Waals surface area contributed by atoms with E-state index in [1.54, 1.807) is 131 Å². The van der Waals surface area contributed by atoms with Crippen LogP contribution in [0.3, 0.4) is 0 Å². The summed E-state index contributed by atoms with van der Waals surface area (Å²) in [4.78, 5) is 93.3. The van der Waals surface area contributed by atoms with Crippen LogP contribution in [0.15, 0.2) is 165 Å². The van der Waals surface area contributed by atoms with Gasteiger partial charge in [0.15, 0.2) is 16.3 Å². The van der Waals surface area contributed by atoms with E-state index in [1.807, 2.05) is 117 Å². The van der Waals surface area contributed by atoms with E-state index in [4.69, 9.17) is 44.3 Å². The second-order valence-corrected chi connectivity index (χ2v) is 24.4. The molecule has 0 saturated heterocycles. The molecule has 6 aromatic carbocycles. The molecule has 0 amide bonds. The molecule has 11 aromatic rings. The third-order valence-electron chi connectivity index (χ3n) is 15.1. The fourth-order valence-electron chi connectivity index (χ4n) is 11.0. The first kappa shape index (κ1) is 79.9. The van der Waals surface area contributed by atoms with Crippen molar-refractivity contribution in [3.05, 3.63) is 191 Å². The van der Waals surface area contributed by atoms with Gasteiger partial charge >= 0.3 is 36.8 Å². The molecule has 0 spiro atoms. The van der Waals surface area contributed by atoms with E-state index in [0.29, 0.717) is 104 Å². The number of fused-ring (bicyclic) bond motifs is 6. The van der Waals surface area contributed by atoms with Crippen molar-refractivity contribution in [3.8, 4) is 11.4 Å². The predicted octanol–water partition coefficient (Wildman–Crippen LogP) is 8.95. The number of anilines is 3. The molecule has 12 rings (SSSR count). The summed E-state index contributed by atoms with van der Waals surface area (Å²) in [5.41, 5.74) is 6.70. The van der Waals surface area contributed by atoms with Gasteiger partial charge in [-0.25, -0.2) is 9.97 Å². The Bertz CT molecular complexity index is 4870. The summed E-state index contributed by atoms with van der Waals surface area (Å²) in [5, 5.41) is 17.0. The molecular weight excluding hydrogens is 1380 g/mol. The molecule has 28 heteroatoms. The van der Waals surface area contributed by atoms with Crippen LogP contribution in [0.2, 0.25) is 15.1 Å². The Morgan fingerprint density at radius 2 is 0.959 bits per heavy atom. The van der Waals surface area contributed by atoms with E-state index in [2.05, 4.69) is 43.1 Å². The maximum absolute atomic E-state index is 13.3. The number of hydrogen-bond donors (Lipinski definition) is 2. The van der Waals surface area contributed by atoms with Gasteiger partial charge in [-0.1, -0.05) is 70.2 Å². The Morgan fingerprint density at radius 1 is 0.582 bits per heavy atom. The largest absolute Gasteiger partial charge is 1.00 e. The van der Waals surface area contributed by atoms with Crippen LogP contribution in [-0.2, 0) is 43.5 Å². The molecule has 0 unspecified atom stereocenters. The predicted molar refractivity (Wildman–Crippen MR) is 395 cm³/mol. The van der Waals surface area contributed by atoms with Crippen molar-refractivity contribution in [1.29, 1.82) is 0 Å². The number of aromatic nitrogens is 7. The molecule has 5 N–H and O–H groups in total. The van der Waals surface area contributed by atoms with Crippen LogP contribution in [0.25, 0.3) is 76.8 Å². The van der Waals surface area contributed by atoms with E-state index in [-0.39, 0.29) is 84.3 Å². The molecule has 0 bridgehead atoms. The van der Waals surface area contributed by atoms with Gasteiger partial charge in [-0.05, 0) is 125 Å². The summed E-state index contributed by atoms with van der Waals surface area (Å²) in [5.74, 6) is -1.77. The smallest absolute Gasteiger partial charge is 0.870 e. The average molecular weight is 1460 g/mol. The van der Waals surface area contributed by atoms with Crippen molar-refractivity contribution in [3.63, 3.8) is 0 Å². The summed E-state index contributed by atoms with van der Waals surface area (Å²) in [7, 11) is 13.0. The number of pyridine rings is 3. The van der Waals surface area contributed by atoms with E-state index in [1.165, 1.54) is 12.8 Å². The molecule has 1 aliphatic heterocycles. The first-order valence-corrected chi connectivity index (χ1v) is 32.3. The van der Waals surface area contributed by atoms with Gasteiger partial charge in [0.2, 0.25) is 0 Å². The minimum Gasteiger partial charge on any atom is -0.870 e. The van der Waals surface area contributed by atoms with Crippen LogP contribution in [-0.4, -0.2) is 142 Å². The van der Waals surface area contributed by atoms with E-state index < -0.39 is 5.97 Å². The van der Waals surface area contributed by atoms with Gasteiger partial charge in [0.05, 0.1) is 91.1 Å². The number of carboxylic acids is 1. The summed E-state index contributed by atoms with van der Waals surface area (Å²) in [6, 6.07) is 26.4. The van der Waals surface area contributed by atoms with Gasteiger partial charge in [0, 0.05) is 134 Å². The number of aliphatic imine (C=N–C) groups is 1. The molecule has 0 fully saturated rings. The Hall–Kier alpha value is -8.80. The minimum absolute atomic E-state index is 0. The summed E-state index contributed by atoms with van der Waals surface area (Å²) in [6.07, 6.45) is 19.6. The molecule has 512 valence electrons. The number of nitrogens with zero attached hydrogens (tertiary/aromatic N) is 11. The SMILES string of the molecule is C1=CN=CC1.CCCCNC.CCOC(=O)Cn1c2cc(-n3ccnc3)ccc2c(=O)c2ccc(Cl)c(N(C)C)c21.CCOC(=O)Cn1c2cc(Br)ccc2c(=O)c2ccc(Cl)c(N(C)C)c21.CN(C)c1c(Cl)ccc2c(=O)c3ccc(-n4ccnc4)cc3n(CC(=O)O)c12.O.[Li+].[OH-]. The fourth-order valence-corrected chi connectivity index (χ4v) is 12.3. The van der Waals surface area contributed by atoms with Gasteiger partial charge in [-0.15, -0.1) is 0 Å². The summed E-state index contributed by atoms with van der Waals surface area (Å²) in [6.45, 7) is 7.08. The summed E-state index contributed by atoms with van der Waals surface area (Å²) < 4.78 is 20.0. The number of benzene rings is 6. The number of ether oxygens (including phenoxy) is 2. The number of carboxylic acid groups (broad SMARTS) is 1. The monoisotopic (exact) mass is 1450 g/mol. The zero-order chi connectivity index (χ0) is 68.8. The van der Waals surface area contributed by atoms with Crippen LogP contribution >= 0.6 is 50.7 Å². The number of unbranched alkanes of at least 4 members (excludes halogenated alkanes) is 1. The van der Waals surface area contributed by atoms with Gasteiger partial charge in [0.1, 0.15) is 19.6 Å².